The largest absolute Gasteiger partial charge is 0.352 e. The van der Waals surface area contributed by atoms with Crippen molar-refractivity contribution < 1.29 is 4.79 Å². The summed E-state index contributed by atoms with van der Waals surface area (Å²) in [4.78, 5) is 9.00. The van der Waals surface area contributed by atoms with Crippen LogP contribution in [0.1, 0.15) is 38.5 Å². The maximum atomic E-state index is 9.00. The van der Waals surface area contributed by atoms with Crippen LogP contribution in [0.3, 0.4) is 0 Å². The summed E-state index contributed by atoms with van der Waals surface area (Å²) in [7, 11) is 0. The average molecular weight is 228 g/mol. The number of nitrogens with zero attached hydrogens (tertiary/aromatic N) is 2. The van der Waals surface area contributed by atoms with Crippen LogP contribution in [0.2, 0.25) is 0 Å². The van der Waals surface area contributed by atoms with Gasteiger partial charge in [0.15, 0.2) is 0 Å². The van der Waals surface area contributed by atoms with Crippen molar-refractivity contribution in [2.45, 2.75) is 38.5 Å². The fourth-order valence-corrected chi connectivity index (χ4v) is 2.32. The lowest BCUT2D eigenvalue weighted by Crippen LogP contribution is -2.47. The van der Waals surface area contributed by atoms with Crippen molar-refractivity contribution in [3.63, 3.8) is 0 Å². The maximum absolute atomic E-state index is 9.00. The molecule has 0 atom stereocenters. The Hall–Kier alpha value is -0.810. The molecule has 0 saturated carbocycles. The van der Waals surface area contributed by atoms with E-state index in [0.717, 1.165) is 0 Å². The smallest absolute Gasteiger partial charge is 0.309 e. The first-order chi connectivity index (χ1) is 7.70. The molecule has 0 spiro atoms. The van der Waals surface area contributed by atoms with E-state index in [1.165, 1.54) is 64.7 Å². The molecule has 16 heavy (non-hydrogen) atoms. The Kier molecular flexibility index (Phi) is 6.18. The van der Waals surface area contributed by atoms with E-state index in [4.69, 9.17) is 4.79 Å². The lowest BCUT2D eigenvalue weighted by molar-refractivity contribution is -0.0518. The van der Waals surface area contributed by atoms with Gasteiger partial charge in [0.1, 0.15) is 0 Å². The maximum Gasteiger partial charge on any atom is 0.309 e. The highest BCUT2D eigenvalue weighted by Gasteiger charge is 2.19. The molecule has 2 heterocycles. The molecule has 5 nitrogen and oxygen atoms in total. The van der Waals surface area contributed by atoms with Crippen molar-refractivity contribution >= 4 is 6.03 Å². The number of amides is 2. The first-order valence-electron chi connectivity index (χ1n) is 6.25. The third kappa shape index (κ3) is 5.32. The Bertz CT molecular complexity index is 178. The number of urea groups is 1. The van der Waals surface area contributed by atoms with Gasteiger partial charge >= 0.3 is 6.03 Å². The van der Waals surface area contributed by atoms with Gasteiger partial charge in [-0.05, 0) is 25.7 Å². The summed E-state index contributed by atoms with van der Waals surface area (Å²) >= 11 is 0. The van der Waals surface area contributed by atoms with Gasteiger partial charge in [-0.1, -0.05) is 12.8 Å². The van der Waals surface area contributed by atoms with Gasteiger partial charge in [-0.25, -0.2) is 14.8 Å². The van der Waals surface area contributed by atoms with Gasteiger partial charge in [-0.2, -0.15) is 0 Å². The number of nitrogens with two attached hydrogens (primary N) is 2. The number of hydrazine groups is 1. The van der Waals surface area contributed by atoms with Gasteiger partial charge in [0.2, 0.25) is 0 Å². The van der Waals surface area contributed by atoms with Gasteiger partial charge in [-0.15, -0.1) is 0 Å². The standard InChI is InChI=1S/C10H20N2.CH4N2O/c1-3-7-11(8-4-1)12-9-5-2-6-10-12;2-1(3)4/h1-10H2;(H4,2,3,4). The molecular formula is C11H24N4O. The Morgan fingerprint density at radius 1 is 0.688 bits per heavy atom. The van der Waals surface area contributed by atoms with Crippen LogP contribution >= 0.6 is 0 Å². The number of hydrogen-bond acceptors (Lipinski definition) is 3. The molecule has 0 aliphatic carbocycles. The first-order valence-corrected chi connectivity index (χ1v) is 6.25. The van der Waals surface area contributed by atoms with E-state index in [9.17, 15) is 0 Å². The van der Waals surface area contributed by atoms with E-state index in [0.29, 0.717) is 0 Å². The summed E-state index contributed by atoms with van der Waals surface area (Å²) in [5.74, 6) is 0. The number of piperidine rings is 2. The van der Waals surface area contributed by atoms with Crippen LogP contribution in [0.25, 0.3) is 0 Å². The third-order valence-corrected chi connectivity index (χ3v) is 3.06. The van der Waals surface area contributed by atoms with E-state index in [1.54, 1.807) is 0 Å². The second-order valence-corrected chi connectivity index (χ2v) is 4.43. The van der Waals surface area contributed by atoms with Gasteiger partial charge in [0, 0.05) is 26.2 Å². The molecule has 0 bridgehead atoms. The van der Waals surface area contributed by atoms with Crippen LogP contribution < -0.4 is 11.5 Å². The number of hydrogen-bond donors (Lipinski definition) is 2. The van der Waals surface area contributed by atoms with Gasteiger partial charge in [-0.3, -0.25) is 0 Å². The summed E-state index contributed by atoms with van der Waals surface area (Å²) in [6.07, 6.45) is 8.55. The van der Waals surface area contributed by atoms with Crippen molar-refractivity contribution in [3.8, 4) is 0 Å². The zero-order chi connectivity index (χ0) is 11.8. The molecule has 2 rings (SSSR count). The van der Waals surface area contributed by atoms with Crippen LogP contribution in [0.5, 0.6) is 0 Å². The van der Waals surface area contributed by atoms with Crippen molar-refractivity contribution in [2.75, 3.05) is 26.2 Å². The van der Waals surface area contributed by atoms with E-state index in [2.05, 4.69) is 21.5 Å². The molecule has 0 aromatic rings. The molecule has 2 fully saturated rings. The van der Waals surface area contributed by atoms with Gasteiger partial charge in [0.05, 0.1) is 0 Å². The summed E-state index contributed by atoms with van der Waals surface area (Å²) in [5.41, 5.74) is 8.50. The highest BCUT2D eigenvalue weighted by atomic mass is 16.2. The summed E-state index contributed by atoms with van der Waals surface area (Å²) < 4.78 is 0. The number of carbonyl (C=O) groups excluding carboxylic acids is 1. The molecule has 94 valence electrons. The zero-order valence-corrected chi connectivity index (χ0v) is 10.0. The Balaban J connectivity index is 0.000000280. The molecule has 0 radical (unpaired) electrons. The van der Waals surface area contributed by atoms with Crippen LogP contribution in [-0.4, -0.2) is 42.2 Å². The Morgan fingerprint density at radius 3 is 1.19 bits per heavy atom. The van der Waals surface area contributed by atoms with Crippen LogP contribution in [0, 0.1) is 0 Å². The quantitative estimate of drug-likeness (QED) is 0.700. The molecule has 0 aromatic carbocycles. The van der Waals surface area contributed by atoms with Crippen LogP contribution in [0.15, 0.2) is 0 Å². The highest BCUT2D eigenvalue weighted by molar-refractivity contribution is 5.69. The second-order valence-electron chi connectivity index (χ2n) is 4.43. The minimum Gasteiger partial charge on any atom is -0.352 e. The fraction of sp³-hybridized carbons (Fsp3) is 0.909. The lowest BCUT2D eigenvalue weighted by atomic mass is 10.1. The summed E-state index contributed by atoms with van der Waals surface area (Å²) in [5, 5.41) is 5.17. The third-order valence-electron chi connectivity index (χ3n) is 3.06. The summed E-state index contributed by atoms with van der Waals surface area (Å²) in [6.45, 7) is 5.28. The zero-order valence-electron chi connectivity index (χ0n) is 10.0. The first kappa shape index (κ1) is 13.3. The molecule has 2 aliphatic rings. The van der Waals surface area contributed by atoms with Gasteiger partial charge in [0.25, 0.3) is 0 Å². The lowest BCUT2D eigenvalue weighted by Gasteiger charge is -2.39. The molecular weight excluding hydrogens is 204 g/mol. The predicted octanol–water partition coefficient (Wildman–Crippen LogP) is 0.897. The van der Waals surface area contributed by atoms with Crippen molar-refractivity contribution in [1.82, 2.24) is 10.0 Å². The Morgan fingerprint density at radius 2 is 0.938 bits per heavy atom. The van der Waals surface area contributed by atoms with Crippen molar-refractivity contribution in [2.24, 2.45) is 11.5 Å². The molecule has 0 unspecified atom stereocenters. The molecule has 4 N–H and O–H groups in total. The van der Waals surface area contributed by atoms with E-state index < -0.39 is 6.03 Å². The molecule has 2 saturated heterocycles. The monoisotopic (exact) mass is 228 g/mol. The molecule has 5 heteroatoms. The average Bonchev–Trinajstić information content (AvgIpc) is 2.31. The van der Waals surface area contributed by atoms with E-state index >= 15 is 0 Å². The number of rotatable bonds is 1. The van der Waals surface area contributed by atoms with Crippen molar-refractivity contribution in [1.29, 1.82) is 0 Å². The minimum atomic E-state index is -0.833. The second kappa shape index (κ2) is 7.46. The number of carbonyl (C=O) groups is 1. The molecule has 2 aliphatic heterocycles. The van der Waals surface area contributed by atoms with Crippen LogP contribution in [0.4, 0.5) is 4.79 Å². The Labute approximate surface area is 97.7 Å². The van der Waals surface area contributed by atoms with Crippen molar-refractivity contribution in [3.05, 3.63) is 0 Å². The number of primary amides is 2. The highest BCUT2D eigenvalue weighted by Crippen LogP contribution is 2.16. The van der Waals surface area contributed by atoms with E-state index in [1.807, 2.05) is 0 Å². The predicted molar refractivity (Wildman–Crippen MR) is 64.6 cm³/mol. The van der Waals surface area contributed by atoms with Crippen LogP contribution in [-0.2, 0) is 0 Å². The minimum absolute atomic E-state index is 0.833. The molecule has 0 aromatic heterocycles. The summed E-state index contributed by atoms with van der Waals surface area (Å²) in [6, 6.07) is -0.833. The van der Waals surface area contributed by atoms with Gasteiger partial charge < -0.3 is 11.5 Å². The normalized spacial score (nSPS) is 23.2. The topological polar surface area (TPSA) is 75.6 Å². The van der Waals surface area contributed by atoms with E-state index in [-0.39, 0.29) is 0 Å². The fourth-order valence-electron chi connectivity index (χ4n) is 2.32. The molecule has 2 amide bonds. The SMILES string of the molecule is C1CCN(N2CCCCC2)CC1.NC(N)=O.